The summed E-state index contributed by atoms with van der Waals surface area (Å²) in [5, 5.41) is 38.4. The first-order valence-corrected chi connectivity index (χ1v) is 18.4. The van der Waals surface area contributed by atoms with Crippen molar-refractivity contribution in [3.63, 3.8) is 0 Å². The molecule has 0 radical (unpaired) electrons. The Morgan fingerprint density at radius 2 is 1.58 bits per heavy atom. The molecule has 0 aromatic heterocycles. The Bertz CT molecular complexity index is 2100. The number of guanidine groups is 1. The smallest absolute Gasteiger partial charge is 0.407 e. The molecule has 4 atom stereocenters. The largest absolute Gasteiger partial charge is 0.456 e. The highest BCUT2D eigenvalue weighted by Crippen LogP contribution is 2.52. The molecule has 17 nitrogen and oxygen atoms in total. The van der Waals surface area contributed by atoms with Crippen LogP contribution in [0.25, 0.3) is 0 Å². The summed E-state index contributed by atoms with van der Waals surface area (Å²) in [7, 11) is 0. The summed E-state index contributed by atoms with van der Waals surface area (Å²) >= 11 is 1.52. The second kappa shape index (κ2) is 15.4. The highest BCUT2D eigenvalue weighted by molar-refractivity contribution is 8.03. The van der Waals surface area contributed by atoms with E-state index in [-0.39, 0.29) is 59.9 Å². The minimum absolute atomic E-state index is 0.0320. The topological polar surface area (TPSA) is 219 Å². The van der Waals surface area contributed by atoms with Crippen molar-refractivity contribution in [2.24, 2.45) is 16.8 Å². The van der Waals surface area contributed by atoms with Gasteiger partial charge in [-0.05, 0) is 59.5 Å². The number of non-ortho nitro benzene ring substituents is 2. The standard InChI is InChI=1S/C37H37N7O10S/c1-20-31-30(21(2)45)34(46)42(31)32(35(47)53-18-22-4-9-26(10-5-22)43(49)50)33(20)55-28-16-41(17-28)36-38-15-25-8-3-24(13-29(25)40-36)14-39-37(48)54-19-23-6-11-27(12-7-23)44(51)52/h3-13,20-21,28,30-31,45H,14-19H2,1-2H3,(H,38,40)(H,39,48)/t20-,21-,30-,31-/m1/s1. The number of ether oxygens (including phenoxy) is 2. The molecule has 0 unspecified atom stereocenters. The van der Waals surface area contributed by atoms with E-state index < -0.39 is 33.9 Å². The molecule has 18 heteroatoms. The molecule has 55 heavy (non-hydrogen) atoms. The van der Waals surface area contributed by atoms with E-state index in [4.69, 9.17) is 14.5 Å². The number of esters is 1. The van der Waals surface area contributed by atoms with Crippen LogP contribution < -0.4 is 10.6 Å². The first kappa shape index (κ1) is 37.3. The number of nitrogens with zero attached hydrogens (tertiary/aromatic N) is 5. The molecule has 0 saturated carbocycles. The predicted molar refractivity (Wildman–Crippen MR) is 199 cm³/mol. The molecule has 286 valence electrons. The van der Waals surface area contributed by atoms with E-state index in [2.05, 4.69) is 15.5 Å². The molecule has 3 N–H and O–H groups in total. The van der Waals surface area contributed by atoms with Crippen LogP contribution in [0, 0.1) is 32.1 Å². The number of aliphatic imine (C=N–C) groups is 1. The number of aliphatic hydroxyl groups excluding tert-OH is 1. The molecule has 3 aromatic rings. The van der Waals surface area contributed by atoms with Crippen LogP contribution in [0.4, 0.5) is 21.9 Å². The van der Waals surface area contributed by atoms with Crippen molar-refractivity contribution in [3.05, 3.63) is 120 Å². The summed E-state index contributed by atoms with van der Waals surface area (Å²) in [6, 6.07) is 16.9. The van der Waals surface area contributed by atoms with Gasteiger partial charge >= 0.3 is 12.1 Å². The van der Waals surface area contributed by atoms with Gasteiger partial charge in [0.05, 0.1) is 34.5 Å². The number of hydrogen-bond acceptors (Lipinski definition) is 14. The van der Waals surface area contributed by atoms with Gasteiger partial charge < -0.3 is 35.0 Å². The molecule has 2 fully saturated rings. The van der Waals surface area contributed by atoms with E-state index in [9.17, 15) is 39.7 Å². The zero-order valence-corrected chi connectivity index (χ0v) is 30.6. The number of carbonyl (C=O) groups excluding carboxylic acids is 3. The highest BCUT2D eigenvalue weighted by Gasteiger charge is 2.60. The Labute approximate surface area is 318 Å². The molecule has 3 aromatic carbocycles. The van der Waals surface area contributed by atoms with Crippen LogP contribution in [0.5, 0.6) is 0 Å². The maximum atomic E-state index is 13.6. The zero-order chi connectivity index (χ0) is 39.0. The lowest BCUT2D eigenvalue weighted by atomic mass is 9.79. The lowest BCUT2D eigenvalue weighted by Crippen LogP contribution is -2.63. The van der Waals surface area contributed by atoms with Crippen LogP contribution in [-0.2, 0) is 45.4 Å². The Balaban J connectivity index is 0.941. The number of thioether (sulfide) groups is 1. The van der Waals surface area contributed by atoms with Gasteiger partial charge in [-0.2, -0.15) is 0 Å². The predicted octanol–water partition coefficient (Wildman–Crippen LogP) is 4.44. The fourth-order valence-corrected chi connectivity index (χ4v) is 8.56. The Kier molecular flexibility index (Phi) is 10.4. The Morgan fingerprint density at radius 3 is 2.18 bits per heavy atom. The molecule has 0 aliphatic carbocycles. The van der Waals surface area contributed by atoms with Crippen molar-refractivity contribution in [2.75, 3.05) is 18.4 Å². The molecule has 2 amide bonds. The second-order valence-electron chi connectivity index (χ2n) is 13.7. The SMILES string of the molecule is C[C@@H](O)[C@H]1C(=O)N2C(C(=O)OCc3ccc([N+](=O)[O-])cc3)=C(SC3CN(C4=NCc5ccc(CNC(=O)OCc6ccc([N+](=O)[O-])cc6)cc5N4)C3)[C@H](C)[C@H]12. The number of β-lactam (4-membered cyclic amide) rings is 1. The second-order valence-corrected chi connectivity index (χ2v) is 15.1. The monoisotopic (exact) mass is 771 g/mol. The summed E-state index contributed by atoms with van der Waals surface area (Å²) in [6.45, 7) is 5.27. The molecule has 0 bridgehead atoms. The van der Waals surface area contributed by atoms with Crippen LogP contribution in [0.3, 0.4) is 0 Å². The minimum atomic E-state index is -0.880. The van der Waals surface area contributed by atoms with Crippen molar-refractivity contribution >= 4 is 52.8 Å². The normalized spacial score (nSPS) is 20.6. The lowest BCUT2D eigenvalue weighted by Gasteiger charge is -2.46. The van der Waals surface area contributed by atoms with E-state index in [1.807, 2.05) is 25.1 Å². The maximum absolute atomic E-state index is 13.6. The van der Waals surface area contributed by atoms with E-state index in [0.29, 0.717) is 36.7 Å². The van der Waals surface area contributed by atoms with Gasteiger partial charge in [0.15, 0.2) is 5.96 Å². The van der Waals surface area contributed by atoms with Gasteiger partial charge in [-0.1, -0.05) is 19.1 Å². The fraction of sp³-hybridized carbons (Fsp3) is 0.351. The van der Waals surface area contributed by atoms with Gasteiger partial charge in [-0.25, -0.2) is 14.6 Å². The summed E-state index contributed by atoms with van der Waals surface area (Å²) in [5.74, 6) is -1.13. The molecule has 2 saturated heterocycles. The van der Waals surface area contributed by atoms with E-state index in [1.165, 1.54) is 65.2 Å². The number of rotatable bonds is 12. The summed E-state index contributed by atoms with van der Waals surface area (Å²) < 4.78 is 10.9. The van der Waals surface area contributed by atoms with Gasteiger partial charge in [0, 0.05) is 65.7 Å². The number of hydrogen-bond donors (Lipinski definition) is 3. The van der Waals surface area contributed by atoms with Crippen molar-refractivity contribution in [3.8, 4) is 0 Å². The number of benzene rings is 3. The molecule has 4 aliphatic rings. The van der Waals surface area contributed by atoms with Gasteiger partial charge in [-0.3, -0.25) is 25.0 Å². The number of likely N-dealkylation sites (tertiary alicyclic amines) is 1. The van der Waals surface area contributed by atoms with Gasteiger partial charge in [-0.15, -0.1) is 11.8 Å². The molecular weight excluding hydrogens is 735 g/mol. The van der Waals surface area contributed by atoms with Crippen LogP contribution in [0.1, 0.15) is 36.1 Å². The first-order chi connectivity index (χ1) is 26.4. The van der Waals surface area contributed by atoms with Crippen LogP contribution in [-0.4, -0.2) is 79.2 Å². The molecule has 4 aliphatic heterocycles. The van der Waals surface area contributed by atoms with Crippen molar-refractivity contribution in [1.29, 1.82) is 0 Å². The van der Waals surface area contributed by atoms with Crippen molar-refractivity contribution < 1.29 is 38.8 Å². The van der Waals surface area contributed by atoms with E-state index in [0.717, 1.165) is 21.7 Å². The molecule has 0 spiro atoms. The molecular formula is C37H37N7O10S. The van der Waals surface area contributed by atoms with Crippen LogP contribution in [0.2, 0.25) is 0 Å². The fourth-order valence-electron chi connectivity index (χ4n) is 7.04. The Hall–Kier alpha value is -6.01. The third-order valence-corrected chi connectivity index (χ3v) is 11.5. The quantitative estimate of drug-likeness (QED) is 0.101. The van der Waals surface area contributed by atoms with E-state index >= 15 is 0 Å². The van der Waals surface area contributed by atoms with Crippen LogP contribution >= 0.6 is 11.8 Å². The third kappa shape index (κ3) is 7.68. The van der Waals surface area contributed by atoms with Crippen molar-refractivity contribution in [1.82, 2.24) is 15.1 Å². The number of nitro groups is 2. The summed E-state index contributed by atoms with van der Waals surface area (Å²) in [6.07, 6.45) is -1.51. The Morgan fingerprint density at radius 1 is 0.982 bits per heavy atom. The first-order valence-electron chi connectivity index (χ1n) is 17.5. The van der Waals surface area contributed by atoms with Gasteiger partial charge in [0.1, 0.15) is 18.9 Å². The highest BCUT2D eigenvalue weighted by atomic mass is 32.2. The number of nitro benzene ring substituents is 2. The summed E-state index contributed by atoms with van der Waals surface area (Å²) in [4.78, 5) is 68.9. The number of nitrogens with one attached hydrogen (secondary N) is 2. The zero-order valence-electron chi connectivity index (χ0n) is 29.7. The summed E-state index contributed by atoms with van der Waals surface area (Å²) in [5.41, 5.74) is 3.93. The molecule has 4 heterocycles. The van der Waals surface area contributed by atoms with Crippen LogP contribution in [0.15, 0.2) is 82.3 Å². The number of amides is 2. The number of carbonyl (C=O) groups is 3. The minimum Gasteiger partial charge on any atom is -0.456 e. The molecule has 7 rings (SSSR count). The van der Waals surface area contributed by atoms with E-state index in [1.54, 1.807) is 6.92 Å². The number of alkyl carbamates (subject to hydrolysis) is 1. The maximum Gasteiger partial charge on any atom is 0.407 e. The van der Waals surface area contributed by atoms with Gasteiger partial charge in [0.25, 0.3) is 11.4 Å². The number of fused-ring (bicyclic) bond motifs is 2. The average molecular weight is 772 g/mol. The average Bonchev–Trinajstić information content (AvgIpc) is 3.39. The number of aliphatic hydroxyl groups is 1. The van der Waals surface area contributed by atoms with Crippen molar-refractivity contribution in [2.45, 2.75) is 57.5 Å². The number of anilines is 1. The van der Waals surface area contributed by atoms with Gasteiger partial charge in [0.2, 0.25) is 5.91 Å². The third-order valence-electron chi connectivity index (χ3n) is 10.0. The lowest BCUT2D eigenvalue weighted by molar-refractivity contribution is -0.385.